The Balaban J connectivity index is 1.92. The van der Waals surface area contributed by atoms with Crippen molar-refractivity contribution in [1.82, 2.24) is 10.3 Å². The maximum Gasteiger partial charge on any atom is 0.230 e. The highest BCUT2D eigenvalue weighted by Gasteiger charge is 2.11. The molecule has 0 aliphatic rings. The lowest BCUT2D eigenvalue weighted by Gasteiger charge is -2.08. The molecule has 0 bridgehead atoms. The summed E-state index contributed by atoms with van der Waals surface area (Å²) in [5, 5.41) is 8.56. The number of thiazole rings is 1. The number of hydrogen-bond donors (Lipinski definition) is 2. The molecule has 4 nitrogen and oxygen atoms in total. The molecule has 1 atom stereocenters. The Morgan fingerprint density at radius 3 is 2.76 bits per heavy atom. The number of benzene rings is 1. The Labute approximate surface area is 127 Å². The summed E-state index contributed by atoms with van der Waals surface area (Å²) < 4.78 is 12.8. The zero-order valence-electron chi connectivity index (χ0n) is 12.0. The van der Waals surface area contributed by atoms with Gasteiger partial charge in [-0.05, 0) is 31.2 Å². The SMILES string of the molecule is CCNC(C)c1csc(NC(=O)Cc2ccc(F)cc2)n1. The number of anilines is 1. The van der Waals surface area contributed by atoms with Gasteiger partial charge >= 0.3 is 0 Å². The van der Waals surface area contributed by atoms with Gasteiger partial charge in [-0.25, -0.2) is 9.37 Å². The van der Waals surface area contributed by atoms with E-state index in [-0.39, 0.29) is 24.2 Å². The van der Waals surface area contributed by atoms with Crippen LogP contribution in [0.25, 0.3) is 0 Å². The Morgan fingerprint density at radius 1 is 1.38 bits per heavy atom. The van der Waals surface area contributed by atoms with Gasteiger partial charge in [0.05, 0.1) is 12.1 Å². The molecule has 1 amide bonds. The predicted molar refractivity (Wildman–Crippen MR) is 82.9 cm³/mol. The second-order valence-corrected chi connectivity index (χ2v) is 5.57. The normalized spacial score (nSPS) is 12.1. The molecule has 0 saturated carbocycles. The number of aromatic nitrogens is 1. The van der Waals surface area contributed by atoms with Gasteiger partial charge in [0.25, 0.3) is 0 Å². The smallest absolute Gasteiger partial charge is 0.230 e. The molecule has 112 valence electrons. The maximum absolute atomic E-state index is 12.8. The number of amides is 1. The number of hydrogen-bond acceptors (Lipinski definition) is 4. The monoisotopic (exact) mass is 307 g/mol. The van der Waals surface area contributed by atoms with Gasteiger partial charge in [-0.1, -0.05) is 19.1 Å². The topological polar surface area (TPSA) is 54.0 Å². The second kappa shape index (κ2) is 7.28. The largest absolute Gasteiger partial charge is 0.309 e. The predicted octanol–water partition coefficient (Wildman–Crippen LogP) is 3.13. The van der Waals surface area contributed by atoms with E-state index in [1.54, 1.807) is 12.1 Å². The van der Waals surface area contributed by atoms with Crippen molar-refractivity contribution in [2.24, 2.45) is 0 Å². The van der Waals surface area contributed by atoms with Crippen LogP contribution in [0.5, 0.6) is 0 Å². The van der Waals surface area contributed by atoms with Crippen LogP contribution >= 0.6 is 11.3 Å². The van der Waals surface area contributed by atoms with Crippen molar-refractivity contribution in [3.63, 3.8) is 0 Å². The molecule has 0 spiro atoms. The minimum atomic E-state index is -0.305. The number of nitrogens with one attached hydrogen (secondary N) is 2. The molecule has 1 aromatic heterocycles. The first-order chi connectivity index (χ1) is 10.1. The number of nitrogens with zero attached hydrogens (tertiary/aromatic N) is 1. The molecule has 0 saturated heterocycles. The highest BCUT2D eigenvalue weighted by molar-refractivity contribution is 7.13. The maximum atomic E-state index is 12.8. The van der Waals surface area contributed by atoms with Crippen LogP contribution in [0.2, 0.25) is 0 Å². The van der Waals surface area contributed by atoms with E-state index >= 15 is 0 Å². The summed E-state index contributed by atoms with van der Waals surface area (Å²) in [6.07, 6.45) is 0.206. The fourth-order valence-electron chi connectivity index (χ4n) is 1.90. The van der Waals surface area contributed by atoms with Crippen LogP contribution in [0.15, 0.2) is 29.6 Å². The minimum absolute atomic E-state index is 0.154. The Morgan fingerprint density at radius 2 is 2.10 bits per heavy atom. The van der Waals surface area contributed by atoms with Gasteiger partial charge < -0.3 is 10.6 Å². The summed E-state index contributed by atoms with van der Waals surface area (Å²) in [7, 11) is 0. The molecule has 0 radical (unpaired) electrons. The van der Waals surface area contributed by atoms with E-state index in [9.17, 15) is 9.18 Å². The molecule has 0 aliphatic carbocycles. The van der Waals surface area contributed by atoms with Gasteiger partial charge in [0.2, 0.25) is 5.91 Å². The Kier molecular flexibility index (Phi) is 5.41. The zero-order chi connectivity index (χ0) is 15.2. The molecule has 6 heteroatoms. The van der Waals surface area contributed by atoms with E-state index in [1.165, 1.54) is 23.5 Å². The average Bonchev–Trinajstić information content (AvgIpc) is 2.90. The molecule has 2 rings (SSSR count). The highest BCUT2D eigenvalue weighted by atomic mass is 32.1. The standard InChI is InChI=1S/C15H18FN3OS/c1-3-17-10(2)13-9-21-15(18-13)19-14(20)8-11-4-6-12(16)7-5-11/h4-7,9-10,17H,3,8H2,1-2H3,(H,18,19,20). The molecule has 1 unspecified atom stereocenters. The fourth-order valence-corrected chi connectivity index (χ4v) is 2.72. The van der Waals surface area contributed by atoms with Crippen molar-refractivity contribution < 1.29 is 9.18 Å². The van der Waals surface area contributed by atoms with E-state index in [1.807, 2.05) is 19.2 Å². The molecule has 21 heavy (non-hydrogen) atoms. The molecular weight excluding hydrogens is 289 g/mol. The lowest BCUT2D eigenvalue weighted by atomic mass is 10.1. The lowest BCUT2D eigenvalue weighted by Crippen LogP contribution is -2.18. The van der Waals surface area contributed by atoms with Crippen LogP contribution in [0, 0.1) is 5.82 Å². The van der Waals surface area contributed by atoms with E-state index in [0.29, 0.717) is 5.13 Å². The Hall–Kier alpha value is -1.79. The van der Waals surface area contributed by atoms with Crippen LogP contribution in [0.3, 0.4) is 0 Å². The van der Waals surface area contributed by atoms with Gasteiger partial charge in [-0.15, -0.1) is 11.3 Å². The first-order valence-electron chi connectivity index (χ1n) is 6.81. The summed E-state index contributed by atoms with van der Waals surface area (Å²) in [4.78, 5) is 16.3. The molecule has 0 fully saturated rings. The zero-order valence-corrected chi connectivity index (χ0v) is 12.8. The molecule has 2 N–H and O–H groups in total. The number of halogens is 1. The van der Waals surface area contributed by atoms with Crippen molar-refractivity contribution >= 4 is 22.4 Å². The first-order valence-corrected chi connectivity index (χ1v) is 7.69. The Bertz CT molecular complexity index is 597. The third kappa shape index (κ3) is 4.61. The summed E-state index contributed by atoms with van der Waals surface area (Å²) in [5.41, 5.74) is 1.69. The van der Waals surface area contributed by atoms with E-state index in [2.05, 4.69) is 15.6 Å². The highest BCUT2D eigenvalue weighted by Crippen LogP contribution is 2.20. The van der Waals surface area contributed by atoms with Crippen molar-refractivity contribution in [3.8, 4) is 0 Å². The minimum Gasteiger partial charge on any atom is -0.309 e. The van der Waals surface area contributed by atoms with Crippen LogP contribution < -0.4 is 10.6 Å². The average molecular weight is 307 g/mol. The summed E-state index contributed by atoms with van der Waals surface area (Å²) in [6, 6.07) is 6.07. The van der Waals surface area contributed by atoms with Gasteiger partial charge in [0.1, 0.15) is 5.82 Å². The fraction of sp³-hybridized carbons (Fsp3) is 0.333. The van der Waals surface area contributed by atoms with Gasteiger partial charge in [-0.3, -0.25) is 4.79 Å². The van der Waals surface area contributed by atoms with Crippen molar-refractivity contribution in [3.05, 3.63) is 46.7 Å². The van der Waals surface area contributed by atoms with Crippen molar-refractivity contribution in [2.75, 3.05) is 11.9 Å². The quantitative estimate of drug-likeness (QED) is 0.862. The lowest BCUT2D eigenvalue weighted by molar-refractivity contribution is -0.115. The number of carbonyl (C=O) groups is 1. The van der Waals surface area contributed by atoms with Gasteiger partial charge in [0.15, 0.2) is 5.13 Å². The number of carbonyl (C=O) groups excluding carboxylic acids is 1. The molecule has 1 aromatic carbocycles. The molecular formula is C15H18FN3OS. The van der Waals surface area contributed by atoms with Crippen molar-refractivity contribution in [1.29, 1.82) is 0 Å². The van der Waals surface area contributed by atoms with Crippen LogP contribution in [-0.4, -0.2) is 17.4 Å². The van der Waals surface area contributed by atoms with Crippen LogP contribution in [-0.2, 0) is 11.2 Å². The molecule has 2 aromatic rings. The van der Waals surface area contributed by atoms with Gasteiger partial charge in [-0.2, -0.15) is 0 Å². The van der Waals surface area contributed by atoms with E-state index in [4.69, 9.17) is 0 Å². The summed E-state index contributed by atoms with van der Waals surface area (Å²) in [5.74, 6) is -0.459. The third-order valence-corrected chi connectivity index (χ3v) is 3.78. The molecule has 0 aliphatic heterocycles. The van der Waals surface area contributed by atoms with E-state index in [0.717, 1.165) is 17.8 Å². The second-order valence-electron chi connectivity index (χ2n) is 4.71. The molecule has 1 heterocycles. The summed E-state index contributed by atoms with van der Waals surface area (Å²) in [6.45, 7) is 4.93. The third-order valence-electron chi connectivity index (χ3n) is 3.00. The van der Waals surface area contributed by atoms with E-state index < -0.39 is 0 Å². The van der Waals surface area contributed by atoms with Crippen molar-refractivity contribution in [2.45, 2.75) is 26.3 Å². The van der Waals surface area contributed by atoms with Gasteiger partial charge in [0, 0.05) is 11.4 Å². The summed E-state index contributed by atoms with van der Waals surface area (Å²) >= 11 is 1.40. The first kappa shape index (κ1) is 15.6. The number of rotatable bonds is 6. The van der Waals surface area contributed by atoms with Crippen LogP contribution in [0.4, 0.5) is 9.52 Å². The van der Waals surface area contributed by atoms with Crippen LogP contribution in [0.1, 0.15) is 31.1 Å².